The maximum atomic E-state index is 11.7. The van der Waals surface area contributed by atoms with Gasteiger partial charge in [0.25, 0.3) is 0 Å². The van der Waals surface area contributed by atoms with Gasteiger partial charge in [-0.2, -0.15) is 0 Å². The molecule has 106 valence electrons. The van der Waals surface area contributed by atoms with Crippen molar-refractivity contribution in [3.8, 4) is 0 Å². The van der Waals surface area contributed by atoms with E-state index < -0.39 is 0 Å². The third-order valence-corrected chi connectivity index (χ3v) is 3.05. The Morgan fingerprint density at radius 3 is 2.53 bits per heavy atom. The number of rotatable bonds is 9. The highest BCUT2D eigenvalue weighted by Gasteiger charge is 2.04. The Balaban J connectivity index is 2.08. The van der Waals surface area contributed by atoms with Crippen LogP contribution in [0, 0.1) is 6.92 Å². The number of carbonyl (C=O) groups is 1. The first-order valence-corrected chi connectivity index (χ1v) is 7.32. The molecule has 4 heteroatoms. The van der Waals surface area contributed by atoms with Gasteiger partial charge in [0, 0.05) is 18.3 Å². The summed E-state index contributed by atoms with van der Waals surface area (Å²) in [7, 11) is 0. The molecule has 0 saturated carbocycles. The number of hydrogen-bond acceptors (Lipinski definition) is 3. The van der Waals surface area contributed by atoms with Gasteiger partial charge in [-0.05, 0) is 19.4 Å². The quantitative estimate of drug-likeness (QED) is 0.688. The van der Waals surface area contributed by atoms with Crippen molar-refractivity contribution in [1.82, 2.24) is 9.97 Å². The summed E-state index contributed by atoms with van der Waals surface area (Å²) < 4.78 is 0. The van der Waals surface area contributed by atoms with Crippen LogP contribution >= 0.6 is 0 Å². The van der Waals surface area contributed by atoms with Crippen LogP contribution < -0.4 is 5.32 Å². The predicted octanol–water partition coefficient (Wildman–Crippen LogP) is 3.86. The summed E-state index contributed by atoms with van der Waals surface area (Å²) in [4.78, 5) is 19.8. The van der Waals surface area contributed by atoms with Crippen molar-refractivity contribution in [2.75, 3.05) is 5.32 Å². The van der Waals surface area contributed by atoms with Crippen molar-refractivity contribution < 1.29 is 4.79 Å². The molecule has 1 aromatic rings. The molecule has 0 aliphatic carbocycles. The molecule has 19 heavy (non-hydrogen) atoms. The summed E-state index contributed by atoms with van der Waals surface area (Å²) in [6.45, 7) is 4.10. The predicted molar refractivity (Wildman–Crippen MR) is 78.0 cm³/mol. The second-order valence-corrected chi connectivity index (χ2v) is 4.94. The van der Waals surface area contributed by atoms with Gasteiger partial charge in [0.05, 0.1) is 0 Å². The van der Waals surface area contributed by atoms with Gasteiger partial charge in [-0.1, -0.05) is 45.4 Å². The molecular weight excluding hydrogens is 238 g/mol. The maximum absolute atomic E-state index is 11.7. The van der Waals surface area contributed by atoms with E-state index in [1.807, 2.05) is 13.0 Å². The number of nitrogens with zero attached hydrogens (tertiary/aromatic N) is 2. The lowest BCUT2D eigenvalue weighted by Gasteiger charge is -2.04. The Bertz CT molecular complexity index is 379. The van der Waals surface area contributed by atoms with Crippen molar-refractivity contribution in [3.05, 3.63) is 18.0 Å². The van der Waals surface area contributed by atoms with Crippen molar-refractivity contribution >= 4 is 11.9 Å². The molecule has 0 radical (unpaired) electrons. The lowest BCUT2D eigenvalue weighted by Crippen LogP contribution is -2.13. The molecule has 0 saturated heterocycles. The number of nitrogens with one attached hydrogen (secondary N) is 1. The standard InChI is InChI=1S/C15H25N3O/c1-3-4-5-6-7-8-9-10-14(19)18-15-16-12-11-13(2)17-15/h11-12H,3-10H2,1-2H3,(H,16,17,18,19). The minimum atomic E-state index is 0.0131. The smallest absolute Gasteiger partial charge is 0.229 e. The number of hydrogen-bond donors (Lipinski definition) is 1. The molecule has 1 N–H and O–H groups in total. The van der Waals surface area contributed by atoms with Crippen LogP contribution in [0.5, 0.6) is 0 Å². The largest absolute Gasteiger partial charge is 0.295 e. The van der Waals surface area contributed by atoms with E-state index in [0.717, 1.165) is 18.5 Å². The molecule has 1 rings (SSSR count). The molecule has 0 aliphatic rings. The van der Waals surface area contributed by atoms with Gasteiger partial charge in [0.2, 0.25) is 11.9 Å². The van der Waals surface area contributed by atoms with Gasteiger partial charge in [0.15, 0.2) is 0 Å². The molecule has 0 aromatic carbocycles. The lowest BCUT2D eigenvalue weighted by molar-refractivity contribution is -0.116. The van der Waals surface area contributed by atoms with E-state index in [2.05, 4.69) is 22.2 Å². The molecule has 0 spiro atoms. The molecule has 0 atom stereocenters. The lowest BCUT2D eigenvalue weighted by atomic mass is 10.1. The Hall–Kier alpha value is -1.45. The maximum Gasteiger partial charge on any atom is 0.229 e. The topological polar surface area (TPSA) is 54.9 Å². The Morgan fingerprint density at radius 2 is 1.84 bits per heavy atom. The Labute approximate surface area is 116 Å². The second-order valence-electron chi connectivity index (χ2n) is 4.94. The summed E-state index contributed by atoms with van der Waals surface area (Å²) in [6.07, 6.45) is 10.7. The van der Waals surface area contributed by atoms with E-state index in [1.54, 1.807) is 6.20 Å². The number of carbonyl (C=O) groups excluding carboxylic acids is 1. The summed E-state index contributed by atoms with van der Waals surface area (Å²) in [5, 5.41) is 2.73. The van der Waals surface area contributed by atoms with Gasteiger partial charge in [-0.15, -0.1) is 0 Å². The highest BCUT2D eigenvalue weighted by Crippen LogP contribution is 2.09. The molecule has 0 fully saturated rings. The van der Waals surface area contributed by atoms with E-state index in [0.29, 0.717) is 12.4 Å². The highest BCUT2D eigenvalue weighted by molar-refractivity contribution is 5.88. The van der Waals surface area contributed by atoms with Crippen LogP contribution in [0.3, 0.4) is 0 Å². The van der Waals surface area contributed by atoms with Crippen LogP contribution in [0.4, 0.5) is 5.95 Å². The van der Waals surface area contributed by atoms with Crippen LogP contribution in [0.15, 0.2) is 12.3 Å². The minimum Gasteiger partial charge on any atom is -0.295 e. The highest BCUT2D eigenvalue weighted by atomic mass is 16.1. The monoisotopic (exact) mass is 263 g/mol. The zero-order chi connectivity index (χ0) is 13.9. The average molecular weight is 263 g/mol. The third-order valence-electron chi connectivity index (χ3n) is 3.05. The zero-order valence-electron chi connectivity index (χ0n) is 12.1. The van der Waals surface area contributed by atoms with E-state index in [4.69, 9.17) is 0 Å². The van der Waals surface area contributed by atoms with Crippen LogP contribution in [0.2, 0.25) is 0 Å². The first-order valence-electron chi connectivity index (χ1n) is 7.32. The van der Waals surface area contributed by atoms with Gasteiger partial charge in [-0.3, -0.25) is 10.1 Å². The third kappa shape index (κ3) is 7.54. The van der Waals surface area contributed by atoms with Crippen LogP contribution in [-0.4, -0.2) is 15.9 Å². The van der Waals surface area contributed by atoms with Crippen molar-refractivity contribution in [3.63, 3.8) is 0 Å². The summed E-state index contributed by atoms with van der Waals surface area (Å²) in [5.41, 5.74) is 0.862. The van der Waals surface area contributed by atoms with E-state index in [-0.39, 0.29) is 5.91 Å². The molecule has 1 amide bonds. The fourth-order valence-electron chi connectivity index (χ4n) is 1.94. The van der Waals surface area contributed by atoms with Gasteiger partial charge in [0.1, 0.15) is 0 Å². The molecule has 0 aliphatic heterocycles. The van der Waals surface area contributed by atoms with Crippen LogP contribution in [0.25, 0.3) is 0 Å². The second kappa shape index (κ2) is 9.48. The number of aromatic nitrogens is 2. The van der Waals surface area contributed by atoms with Crippen molar-refractivity contribution in [1.29, 1.82) is 0 Å². The number of anilines is 1. The van der Waals surface area contributed by atoms with E-state index in [1.165, 1.54) is 32.1 Å². The van der Waals surface area contributed by atoms with Gasteiger partial charge < -0.3 is 0 Å². The number of aryl methyl sites for hydroxylation is 1. The number of unbranched alkanes of at least 4 members (excludes halogenated alkanes) is 6. The van der Waals surface area contributed by atoms with Crippen LogP contribution in [-0.2, 0) is 4.79 Å². The Kier molecular flexibility index (Phi) is 7.78. The zero-order valence-corrected chi connectivity index (χ0v) is 12.1. The molecule has 0 unspecified atom stereocenters. The molecule has 4 nitrogen and oxygen atoms in total. The molecule has 1 heterocycles. The first kappa shape index (κ1) is 15.6. The van der Waals surface area contributed by atoms with Crippen LogP contribution in [0.1, 0.15) is 64.0 Å². The molecular formula is C15H25N3O. The van der Waals surface area contributed by atoms with Gasteiger partial charge in [-0.25, -0.2) is 9.97 Å². The molecule has 1 aromatic heterocycles. The minimum absolute atomic E-state index is 0.0131. The number of amides is 1. The van der Waals surface area contributed by atoms with Crippen molar-refractivity contribution in [2.24, 2.45) is 0 Å². The van der Waals surface area contributed by atoms with E-state index in [9.17, 15) is 4.79 Å². The Morgan fingerprint density at radius 1 is 1.16 bits per heavy atom. The SMILES string of the molecule is CCCCCCCCCC(=O)Nc1nccc(C)n1. The fraction of sp³-hybridized carbons (Fsp3) is 0.667. The first-order chi connectivity index (χ1) is 9.22. The summed E-state index contributed by atoms with van der Waals surface area (Å²) >= 11 is 0. The summed E-state index contributed by atoms with van der Waals surface area (Å²) in [6, 6.07) is 1.81. The molecule has 0 bridgehead atoms. The normalized spacial score (nSPS) is 10.4. The fourth-order valence-corrected chi connectivity index (χ4v) is 1.94. The van der Waals surface area contributed by atoms with E-state index >= 15 is 0 Å². The van der Waals surface area contributed by atoms with Crippen molar-refractivity contribution in [2.45, 2.75) is 65.2 Å². The van der Waals surface area contributed by atoms with Gasteiger partial charge >= 0.3 is 0 Å². The summed E-state index contributed by atoms with van der Waals surface area (Å²) in [5.74, 6) is 0.423. The average Bonchev–Trinajstić information content (AvgIpc) is 2.37.